The van der Waals surface area contributed by atoms with Gasteiger partial charge in [0.1, 0.15) is 6.54 Å². The molecule has 0 saturated heterocycles. The minimum Gasteiger partial charge on any atom is -0.348 e. The van der Waals surface area contributed by atoms with Crippen LogP contribution in [0.2, 0.25) is 5.02 Å². The zero-order chi connectivity index (χ0) is 20.4. The lowest BCUT2D eigenvalue weighted by Crippen LogP contribution is -2.41. The van der Waals surface area contributed by atoms with E-state index in [0.717, 1.165) is 32.8 Å². The molecule has 0 aliphatic carbocycles. The Morgan fingerprint density at radius 3 is 2.37 bits per heavy atom. The van der Waals surface area contributed by atoms with Crippen LogP contribution < -0.4 is 9.62 Å². The Hall–Kier alpha value is -2.05. The molecule has 0 fully saturated rings. The van der Waals surface area contributed by atoms with Gasteiger partial charge in [0, 0.05) is 5.02 Å². The van der Waals surface area contributed by atoms with Crippen LogP contribution in [0.15, 0.2) is 36.4 Å². The van der Waals surface area contributed by atoms with Crippen molar-refractivity contribution in [2.75, 3.05) is 17.1 Å². The van der Waals surface area contributed by atoms with E-state index in [2.05, 4.69) is 5.32 Å². The largest absolute Gasteiger partial charge is 0.348 e. The first-order chi connectivity index (χ1) is 12.5. The summed E-state index contributed by atoms with van der Waals surface area (Å²) >= 11 is 6.02. The molecule has 5 nitrogen and oxygen atoms in total. The molecule has 0 bridgehead atoms. The number of sulfonamides is 1. The van der Waals surface area contributed by atoms with Gasteiger partial charge in [-0.2, -0.15) is 0 Å². The van der Waals surface area contributed by atoms with Gasteiger partial charge in [-0.25, -0.2) is 8.42 Å². The maximum Gasteiger partial charge on any atom is 0.241 e. The average Bonchev–Trinajstić information content (AvgIpc) is 2.56. The zero-order valence-corrected chi connectivity index (χ0v) is 17.8. The quantitative estimate of drug-likeness (QED) is 0.787. The Bertz CT molecular complexity index is 958. The van der Waals surface area contributed by atoms with E-state index < -0.39 is 10.0 Å². The lowest BCUT2D eigenvalue weighted by Gasteiger charge is -2.25. The number of nitrogens with zero attached hydrogens (tertiary/aromatic N) is 1. The molecule has 0 radical (unpaired) electrons. The molecular weight excluding hydrogens is 384 g/mol. The van der Waals surface area contributed by atoms with Gasteiger partial charge >= 0.3 is 0 Å². The SMILES string of the molecule is Cc1ccc(C)c(C(C)NC(=O)CN(c2cc(Cl)ccc2C)S(C)(=O)=O)c1. The highest BCUT2D eigenvalue weighted by Gasteiger charge is 2.23. The van der Waals surface area contributed by atoms with Gasteiger partial charge in [0.25, 0.3) is 0 Å². The molecule has 0 aliphatic heterocycles. The van der Waals surface area contributed by atoms with Gasteiger partial charge in [0.15, 0.2) is 0 Å². The highest BCUT2D eigenvalue weighted by molar-refractivity contribution is 7.92. The van der Waals surface area contributed by atoms with Crippen molar-refractivity contribution < 1.29 is 13.2 Å². The minimum absolute atomic E-state index is 0.237. The molecule has 0 aliphatic rings. The lowest BCUT2D eigenvalue weighted by molar-refractivity contribution is -0.120. The maximum atomic E-state index is 12.6. The Kier molecular flexibility index (Phi) is 6.54. The Labute approximate surface area is 166 Å². The lowest BCUT2D eigenvalue weighted by atomic mass is 10.00. The van der Waals surface area contributed by atoms with Crippen LogP contribution in [-0.4, -0.2) is 27.1 Å². The minimum atomic E-state index is -3.65. The first kappa shape index (κ1) is 21.3. The summed E-state index contributed by atoms with van der Waals surface area (Å²) in [6.45, 7) is 7.32. The number of nitrogens with one attached hydrogen (secondary N) is 1. The molecule has 0 saturated carbocycles. The highest BCUT2D eigenvalue weighted by Crippen LogP contribution is 2.26. The second-order valence-corrected chi connectivity index (χ2v) is 9.19. The molecule has 27 heavy (non-hydrogen) atoms. The smallest absolute Gasteiger partial charge is 0.241 e. The molecule has 1 unspecified atom stereocenters. The van der Waals surface area contributed by atoms with Crippen molar-refractivity contribution in [3.05, 3.63) is 63.7 Å². The molecule has 146 valence electrons. The summed E-state index contributed by atoms with van der Waals surface area (Å²) < 4.78 is 25.7. The molecule has 0 spiro atoms. The number of carbonyl (C=O) groups excluding carboxylic acids is 1. The second-order valence-electron chi connectivity index (χ2n) is 6.85. The molecular formula is C20H25ClN2O3S. The van der Waals surface area contributed by atoms with Gasteiger partial charge in [-0.1, -0.05) is 41.4 Å². The Morgan fingerprint density at radius 1 is 1.11 bits per heavy atom. The number of carbonyl (C=O) groups is 1. The Balaban J connectivity index is 2.24. The zero-order valence-electron chi connectivity index (χ0n) is 16.2. The predicted molar refractivity (Wildman–Crippen MR) is 111 cm³/mol. The van der Waals surface area contributed by atoms with E-state index in [1.54, 1.807) is 25.1 Å². The normalized spacial score (nSPS) is 12.5. The molecule has 0 aromatic heterocycles. The fraction of sp³-hybridized carbons (Fsp3) is 0.350. The maximum absolute atomic E-state index is 12.6. The first-order valence-electron chi connectivity index (χ1n) is 8.59. The van der Waals surface area contributed by atoms with Crippen molar-refractivity contribution in [1.29, 1.82) is 0 Å². The highest BCUT2D eigenvalue weighted by atomic mass is 35.5. The number of rotatable bonds is 6. The number of anilines is 1. The average molecular weight is 409 g/mol. The first-order valence-corrected chi connectivity index (χ1v) is 10.8. The van der Waals surface area contributed by atoms with Gasteiger partial charge in [-0.15, -0.1) is 0 Å². The third-order valence-corrected chi connectivity index (χ3v) is 5.77. The monoisotopic (exact) mass is 408 g/mol. The van der Waals surface area contributed by atoms with Crippen LogP contribution in [0.1, 0.15) is 35.2 Å². The summed E-state index contributed by atoms with van der Waals surface area (Å²) in [5.41, 5.74) is 4.30. The molecule has 2 rings (SSSR count). The van der Waals surface area contributed by atoms with Gasteiger partial charge in [0.05, 0.1) is 18.0 Å². The van der Waals surface area contributed by atoms with Crippen LogP contribution in [0.3, 0.4) is 0 Å². The number of hydrogen-bond donors (Lipinski definition) is 1. The van der Waals surface area contributed by atoms with Gasteiger partial charge in [-0.05, 0) is 56.5 Å². The number of aryl methyl sites for hydroxylation is 3. The van der Waals surface area contributed by atoms with E-state index >= 15 is 0 Å². The second kappa shape index (κ2) is 8.31. The van der Waals surface area contributed by atoms with E-state index in [1.807, 2.05) is 39.0 Å². The standard InChI is InChI=1S/C20H25ClN2O3S/c1-13-6-7-14(2)18(10-13)16(4)22-20(24)12-23(27(5,25)26)19-11-17(21)9-8-15(19)3/h6-11,16H,12H2,1-5H3,(H,22,24). The van der Waals surface area contributed by atoms with Crippen LogP contribution >= 0.6 is 11.6 Å². The number of benzene rings is 2. The molecule has 1 amide bonds. The van der Waals surface area contributed by atoms with Gasteiger partial charge in [-0.3, -0.25) is 9.10 Å². The van der Waals surface area contributed by atoms with Crippen molar-refractivity contribution in [2.24, 2.45) is 0 Å². The van der Waals surface area contributed by atoms with Crippen LogP contribution in [0.25, 0.3) is 0 Å². The van der Waals surface area contributed by atoms with E-state index in [9.17, 15) is 13.2 Å². The number of amides is 1. The van der Waals surface area contributed by atoms with Gasteiger partial charge < -0.3 is 5.32 Å². The van der Waals surface area contributed by atoms with Crippen molar-refractivity contribution in [2.45, 2.75) is 33.7 Å². The summed E-state index contributed by atoms with van der Waals surface area (Å²) in [4.78, 5) is 12.6. The summed E-state index contributed by atoms with van der Waals surface area (Å²) in [6.07, 6.45) is 1.08. The summed E-state index contributed by atoms with van der Waals surface area (Å²) in [6, 6.07) is 10.8. The van der Waals surface area contributed by atoms with E-state index in [-0.39, 0.29) is 18.5 Å². The van der Waals surface area contributed by atoms with Crippen LogP contribution in [-0.2, 0) is 14.8 Å². The molecule has 1 atom stereocenters. The van der Waals surface area contributed by atoms with E-state index in [1.165, 1.54) is 0 Å². The molecule has 2 aromatic carbocycles. The molecule has 2 aromatic rings. The molecule has 7 heteroatoms. The number of halogens is 1. The fourth-order valence-corrected chi connectivity index (χ4v) is 4.03. The van der Waals surface area contributed by atoms with Crippen molar-refractivity contribution in [1.82, 2.24) is 5.32 Å². The third kappa shape index (κ3) is 5.47. The molecule has 0 heterocycles. The predicted octanol–water partition coefficient (Wildman–Crippen LogP) is 3.91. The van der Waals surface area contributed by atoms with Crippen LogP contribution in [0.4, 0.5) is 5.69 Å². The summed E-state index contributed by atoms with van der Waals surface area (Å²) in [7, 11) is -3.65. The van der Waals surface area contributed by atoms with E-state index in [4.69, 9.17) is 11.6 Å². The van der Waals surface area contributed by atoms with Crippen molar-refractivity contribution >= 4 is 33.2 Å². The fourth-order valence-electron chi connectivity index (χ4n) is 2.95. The summed E-state index contributed by atoms with van der Waals surface area (Å²) in [5.74, 6) is -0.381. The Morgan fingerprint density at radius 2 is 1.74 bits per heavy atom. The molecule has 1 N–H and O–H groups in total. The number of hydrogen-bond acceptors (Lipinski definition) is 3. The van der Waals surface area contributed by atoms with Gasteiger partial charge in [0.2, 0.25) is 15.9 Å². The topological polar surface area (TPSA) is 66.5 Å². The summed E-state index contributed by atoms with van der Waals surface area (Å²) in [5, 5.41) is 3.30. The third-order valence-electron chi connectivity index (χ3n) is 4.41. The van der Waals surface area contributed by atoms with Crippen molar-refractivity contribution in [3.63, 3.8) is 0 Å². The van der Waals surface area contributed by atoms with Crippen molar-refractivity contribution in [3.8, 4) is 0 Å². The van der Waals surface area contributed by atoms with Crippen LogP contribution in [0, 0.1) is 20.8 Å². The van der Waals surface area contributed by atoms with E-state index in [0.29, 0.717) is 10.7 Å². The van der Waals surface area contributed by atoms with Crippen LogP contribution in [0.5, 0.6) is 0 Å².